The highest BCUT2D eigenvalue weighted by molar-refractivity contribution is 7.91. The van der Waals surface area contributed by atoms with Crippen molar-refractivity contribution in [1.82, 2.24) is 29.7 Å². The Morgan fingerprint density at radius 3 is 2.44 bits per heavy atom. The van der Waals surface area contributed by atoms with Crippen LogP contribution in [0, 0.1) is 20.8 Å². The number of benzene rings is 1. The Hall–Kier alpha value is -3.96. The number of sulfone groups is 1. The van der Waals surface area contributed by atoms with E-state index in [1.807, 2.05) is 57.2 Å². The second-order valence-corrected chi connectivity index (χ2v) is 11.6. The third kappa shape index (κ3) is 6.04. The van der Waals surface area contributed by atoms with Gasteiger partial charge in [-0.05, 0) is 57.0 Å². The van der Waals surface area contributed by atoms with Crippen molar-refractivity contribution >= 4 is 9.84 Å². The third-order valence-corrected chi connectivity index (χ3v) is 8.30. The van der Waals surface area contributed by atoms with Crippen molar-refractivity contribution in [2.24, 2.45) is 0 Å². The molecule has 0 bridgehead atoms. The normalized spacial score (nSPS) is 13.2. The molecule has 0 N–H and O–H groups in total. The fraction of sp³-hybridized carbons (Fsp3) is 0.321. The molecule has 11 heteroatoms. The van der Waals surface area contributed by atoms with E-state index in [1.54, 1.807) is 37.1 Å². The molecular formula is C28H32N6O4S. The van der Waals surface area contributed by atoms with Gasteiger partial charge in [0.2, 0.25) is 0 Å². The van der Waals surface area contributed by atoms with Crippen molar-refractivity contribution in [2.45, 2.75) is 44.8 Å². The first-order valence-electron chi connectivity index (χ1n) is 12.4. The predicted molar refractivity (Wildman–Crippen MR) is 148 cm³/mol. The summed E-state index contributed by atoms with van der Waals surface area (Å²) in [6, 6.07) is 11.2. The molecule has 1 aromatic carbocycles. The summed E-state index contributed by atoms with van der Waals surface area (Å²) < 4.78 is 41.0. The Kier molecular flexibility index (Phi) is 8.51. The third-order valence-electron chi connectivity index (χ3n) is 6.26. The van der Waals surface area contributed by atoms with Crippen molar-refractivity contribution < 1.29 is 17.9 Å². The zero-order chi connectivity index (χ0) is 28.2. The fourth-order valence-corrected chi connectivity index (χ4v) is 5.59. The van der Waals surface area contributed by atoms with Crippen molar-refractivity contribution in [2.75, 3.05) is 13.7 Å². The lowest BCUT2D eigenvalue weighted by Crippen LogP contribution is -2.31. The molecule has 0 fully saturated rings. The van der Waals surface area contributed by atoms with E-state index in [1.165, 1.54) is 0 Å². The van der Waals surface area contributed by atoms with Crippen molar-refractivity contribution in [3.8, 4) is 23.0 Å². The Balaban J connectivity index is 1.82. The molecule has 4 aromatic rings. The molecule has 3 heterocycles. The maximum absolute atomic E-state index is 13.9. The van der Waals surface area contributed by atoms with E-state index in [9.17, 15) is 8.42 Å². The lowest BCUT2D eigenvalue weighted by atomic mass is 10.1. The number of hydrogen-bond donors (Lipinski definition) is 0. The van der Waals surface area contributed by atoms with Crippen LogP contribution in [0.25, 0.3) is 17.2 Å². The van der Waals surface area contributed by atoms with Gasteiger partial charge in [-0.25, -0.2) is 23.4 Å². The van der Waals surface area contributed by atoms with Crippen LogP contribution < -0.4 is 4.74 Å². The van der Waals surface area contributed by atoms with Crippen molar-refractivity contribution in [3.05, 3.63) is 89.9 Å². The SMILES string of the molecule is C=CCO[C@@H](c1ncc(C)cn1)[C@@H](C)S(=O)(=O)Cc1nnc(-c2cccc(C)n2)n1-c1c(C)cccc1OC. The van der Waals surface area contributed by atoms with E-state index in [2.05, 4.69) is 31.7 Å². The van der Waals surface area contributed by atoms with Crippen LogP contribution in [-0.2, 0) is 20.3 Å². The van der Waals surface area contributed by atoms with Gasteiger partial charge in [0.1, 0.15) is 23.3 Å². The number of pyridine rings is 1. The molecule has 0 aliphatic rings. The van der Waals surface area contributed by atoms with Gasteiger partial charge in [-0.2, -0.15) is 0 Å². The van der Waals surface area contributed by atoms with Crippen LogP contribution in [0.2, 0.25) is 0 Å². The number of hydrogen-bond acceptors (Lipinski definition) is 9. The lowest BCUT2D eigenvalue weighted by Gasteiger charge is -2.23. The van der Waals surface area contributed by atoms with Crippen LogP contribution in [-0.4, -0.2) is 57.1 Å². The van der Waals surface area contributed by atoms with E-state index >= 15 is 0 Å². The first-order valence-corrected chi connectivity index (χ1v) is 14.1. The molecule has 0 amide bonds. The first-order chi connectivity index (χ1) is 18.7. The second kappa shape index (κ2) is 11.8. The van der Waals surface area contributed by atoms with Gasteiger partial charge in [-0.3, -0.25) is 4.57 Å². The maximum atomic E-state index is 13.9. The molecule has 0 unspecified atom stereocenters. The molecule has 3 aromatic heterocycles. The minimum atomic E-state index is -3.87. The molecule has 204 valence electrons. The van der Waals surface area contributed by atoms with E-state index < -0.39 is 26.9 Å². The van der Waals surface area contributed by atoms with Gasteiger partial charge in [-0.15, -0.1) is 16.8 Å². The largest absolute Gasteiger partial charge is 0.495 e. The van der Waals surface area contributed by atoms with E-state index in [4.69, 9.17) is 9.47 Å². The zero-order valence-corrected chi connectivity index (χ0v) is 23.5. The van der Waals surface area contributed by atoms with Gasteiger partial charge in [0.25, 0.3) is 0 Å². The Morgan fingerprint density at radius 1 is 1.05 bits per heavy atom. The quantitative estimate of drug-likeness (QED) is 0.252. The van der Waals surface area contributed by atoms with E-state index in [0.717, 1.165) is 16.8 Å². The highest BCUT2D eigenvalue weighted by atomic mass is 32.2. The van der Waals surface area contributed by atoms with Gasteiger partial charge in [-0.1, -0.05) is 24.3 Å². The van der Waals surface area contributed by atoms with Gasteiger partial charge < -0.3 is 9.47 Å². The molecule has 4 rings (SSSR count). The number of methoxy groups -OCH3 is 1. The molecule has 10 nitrogen and oxygen atoms in total. The highest BCUT2D eigenvalue weighted by Gasteiger charge is 2.35. The summed E-state index contributed by atoms with van der Waals surface area (Å²) in [7, 11) is -2.30. The minimum absolute atomic E-state index is 0.140. The van der Waals surface area contributed by atoms with Gasteiger partial charge >= 0.3 is 0 Å². The summed E-state index contributed by atoms with van der Waals surface area (Å²) in [5.74, 6) is 1.05. The number of aryl methyl sites for hydroxylation is 3. The highest BCUT2D eigenvalue weighted by Crippen LogP contribution is 2.33. The number of para-hydroxylation sites is 1. The van der Waals surface area contributed by atoms with E-state index in [-0.39, 0.29) is 18.3 Å². The van der Waals surface area contributed by atoms with Crippen LogP contribution in [0.1, 0.15) is 41.5 Å². The average molecular weight is 549 g/mol. The van der Waals surface area contributed by atoms with Crippen molar-refractivity contribution in [3.63, 3.8) is 0 Å². The van der Waals surface area contributed by atoms with Crippen molar-refractivity contribution in [1.29, 1.82) is 0 Å². The second-order valence-electron chi connectivity index (χ2n) is 9.24. The van der Waals surface area contributed by atoms with Gasteiger partial charge in [0.05, 0.1) is 24.7 Å². The molecule has 0 saturated heterocycles. The lowest BCUT2D eigenvalue weighted by molar-refractivity contribution is 0.0669. The molecule has 0 saturated carbocycles. The zero-order valence-electron chi connectivity index (χ0n) is 22.7. The Morgan fingerprint density at radius 2 is 1.77 bits per heavy atom. The van der Waals surface area contributed by atoms with E-state index in [0.29, 0.717) is 23.0 Å². The standard InChI is InChI=1S/C28H32N6O4S/c1-7-14-38-26(27-29-15-18(2)16-30-27)21(5)39(35,36)17-24-32-33-28(22-12-9-11-20(4)31-22)34(24)25-19(3)10-8-13-23(25)37-6/h7-13,15-16,21,26H,1,14,17H2,2-6H3/t21-,26-/m1/s1. The smallest absolute Gasteiger partial charge is 0.187 e. The summed E-state index contributed by atoms with van der Waals surface area (Å²) in [4.78, 5) is 13.3. The number of nitrogens with zero attached hydrogens (tertiary/aromatic N) is 6. The molecule has 0 spiro atoms. The van der Waals surface area contributed by atoms with Gasteiger partial charge in [0, 0.05) is 18.1 Å². The molecular weight excluding hydrogens is 516 g/mol. The summed E-state index contributed by atoms with van der Waals surface area (Å²) in [5, 5.41) is 7.73. The molecule has 0 radical (unpaired) electrons. The number of ether oxygens (including phenoxy) is 2. The van der Waals surface area contributed by atoms with Gasteiger partial charge in [0.15, 0.2) is 27.3 Å². The molecule has 39 heavy (non-hydrogen) atoms. The fourth-order valence-electron chi connectivity index (χ4n) is 4.20. The number of aromatic nitrogens is 6. The summed E-state index contributed by atoms with van der Waals surface area (Å²) in [6.45, 7) is 11.1. The van der Waals surface area contributed by atoms with Crippen LogP contribution in [0.5, 0.6) is 5.75 Å². The Bertz CT molecular complexity index is 1570. The maximum Gasteiger partial charge on any atom is 0.187 e. The minimum Gasteiger partial charge on any atom is -0.495 e. The van der Waals surface area contributed by atoms with Crippen LogP contribution >= 0.6 is 0 Å². The monoisotopic (exact) mass is 548 g/mol. The molecule has 0 aliphatic heterocycles. The Labute approximate surface area is 228 Å². The summed E-state index contributed by atoms with van der Waals surface area (Å²) in [5.41, 5.74) is 3.71. The van der Waals surface area contributed by atoms with Crippen LogP contribution in [0.4, 0.5) is 0 Å². The van der Waals surface area contributed by atoms with Crippen LogP contribution in [0.3, 0.4) is 0 Å². The molecule has 0 aliphatic carbocycles. The number of rotatable bonds is 11. The average Bonchev–Trinajstić information content (AvgIpc) is 3.31. The summed E-state index contributed by atoms with van der Waals surface area (Å²) in [6.07, 6.45) is 3.92. The topological polar surface area (TPSA) is 122 Å². The predicted octanol–water partition coefficient (Wildman–Crippen LogP) is 4.30. The summed E-state index contributed by atoms with van der Waals surface area (Å²) >= 11 is 0. The van der Waals surface area contributed by atoms with Crippen LogP contribution in [0.15, 0.2) is 61.4 Å². The molecule has 2 atom stereocenters. The first kappa shape index (κ1) is 28.1.